The second-order valence-corrected chi connectivity index (χ2v) is 5.60. The zero-order chi connectivity index (χ0) is 15.6. The number of nitrogens with one attached hydrogen (secondary N) is 1. The summed E-state index contributed by atoms with van der Waals surface area (Å²) in [6, 6.07) is 15.1. The molecule has 0 bridgehead atoms. The summed E-state index contributed by atoms with van der Waals surface area (Å²) >= 11 is 0. The zero-order valence-corrected chi connectivity index (χ0v) is 12.5. The van der Waals surface area contributed by atoms with E-state index in [4.69, 9.17) is 14.2 Å². The summed E-state index contributed by atoms with van der Waals surface area (Å²) in [5.41, 5.74) is 1.00. The number of rotatable bonds is 2. The van der Waals surface area contributed by atoms with E-state index in [2.05, 4.69) is 5.32 Å². The smallest absolute Gasteiger partial charge is 0.265 e. The number of carbonyl (C=O) groups is 1. The summed E-state index contributed by atoms with van der Waals surface area (Å²) in [5.74, 6) is 1.94. The summed E-state index contributed by atoms with van der Waals surface area (Å²) < 4.78 is 17.0. The molecule has 5 nitrogen and oxygen atoms in total. The monoisotopic (exact) mass is 311 g/mol. The Labute approximate surface area is 134 Å². The van der Waals surface area contributed by atoms with Gasteiger partial charge in [0.1, 0.15) is 12.4 Å². The maximum Gasteiger partial charge on any atom is 0.265 e. The zero-order valence-electron chi connectivity index (χ0n) is 12.5. The second kappa shape index (κ2) is 5.83. The van der Waals surface area contributed by atoms with Gasteiger partial charge in [-0.25, -0.2) is 0 Å². The van der Waals surface area contributed by atoms with Crippen LogP contribution in [0.3, 0.4) is 0 Å². The van der Waals surface area contributed by atoms with Crippen molar-refractivity contribution in [3.05, 3.63) is 54.1 Å². The van der Waals surface area contributed by atoms with Crippen molar-refractivity contribution < 1.29 is 19.0 Å². The highest BCUT2D eigenvalue weighted by Gasteiger charge is 2.30. The first-order chi connectivity index (χ1) is 11.3. The predicted octanol–water partition coefficient (Wildman–Crippen LogP) is 2.47. The van der Waals surface area contributed by atoms with Crippen LogP contribution in [-0.4, -0.2) is 25.2 Å². The van der Waals surface area contributed by atoms with Crippen molar-refractivity contribution in [3.63, 3.8) is 0 Å². The van der Waals surface area contributed by atoms with Crippen LogP contribution in [0.1, 0.15) is 18.0 Å². The highest BCUT2D eigenvalue weighted by molar-refractivity contribution is 5.82. The van der Waals surface area contributed by atoms with Crippen LogP contribution in [0.4, 0.5) is 0 Å². The van der Waals surface area contributed by atoms with E-state index in [-0.39, 0.29) is 18.6 Å². The van der Waals surface area contributed by atoms with Gasteiger partial charge in [-0.3, -0.25) is 4.79 Å². The predicted molar refractivity (Wildman–Crippen MR) is 83.8 cm³/mol. The molecule has 0 radical (unpaired) electrons. The molecule has 2 atom stereocenters. The number of carbonyl (C=O) groups excluding carboxylic acids is 1. The lowest BCUT2D eigenvalue weighted by Gasteiger charge is -2.30. The molecule has 0 spiro atoms. The van der Waals surface area contributed by atoms with E-state index in [1.807, 2.05) is 42.5 Å². The minimum Gasteiger partial charge on any atom is -0.493 e. The van der Waals surface area contributed by atoms with E-state index in [1.54, 1.807) is 6.07 Å². The first-order valence-corrected chi connectivity index (χ1v) is 7.72. The molecule has 2 unspecified atom stereocenters. The third kappa shape index (κ3) is 2.70. The van der Waals surface area contributed by atoms with Gasteiger partial charge >= 0.3 is 0 Å². The van der Waals surface area contributed by atoms with Crippen LogP contribution in [0.5, 0.6) is 17.2 Å². The minimum absolute atomic E-state index is 0.0618. The molecule has 0 saturated carbocycles. The van der Waals surface area contributed by atoms with Gasteiger partial charge in [-0.05, 0) is 18.2 Å². The van der Waals surface area contributed by atoms with Crippen molar-refractivity contribution >= 4 is 5.91 Å². The summed E-state index contributed by atoms with van der Waals surface area (Å²) in [7, 11) is 0. The van der Waals surface area contributed by atoms with Crippen molar-refractivity contribution in [1.29, 1.82) is 0 Å². The fourth-order valence-corrected chi connectivity index (χ4v) is 2.91. The Morgan fingerprint density at radius 1 is 0.957 bits per heavy atom. The van der Waals surface area contributed by atoms with Gasteiger partial charge in [0.05, 0.1) is 12.6 Å². The Kier molecular flexibility index (Phi) is 3.54. The molecule has 0 aromatic heterocycles. The SMILES string of the molecule is O=C(NC1CCOc2ccccc21)C1COc2ccccc2O1. The molecule has 2 aromatic rings. The Bertz CT molecular complexity index is 730. The van der Waals surface area contributed by atoms with Crippen LogP contribution in [-0.2, 0) is 4.79 Å². The summed E-state index contributed by atoms with van der Waals surface area (Å²) in [4.78, 5) is 12.5. The van der Waals surface area contributed by atoms with Crippen LogP contribution in [0, 0.1) is 0 Å². The highest BCUT2D eigenvalue weighted by atomic mass is 16.6. The third-order valence-corrected chi connectivity index (χ3v) is 4.08. The van der Waals surface area contributed by atoms with E-state index < -0.39 is 6.10 Å². The van der Waals surface area contributed by atoms with Gasteiger partial charge < -0.3 is 19.5 Å². The van der Waals surface area contributed by atoms with Crippen molar-refractivity contribution in [2.75, 3.05) is 13.2 Å². The third-order valence-electron chi connectivity index (χ3n) is 4.08. The summed E-state index contributed by atoms with van der Waals surface area (Å²) in [5, 5.41) is 3.05. The Hall–Kier alpha value is -2.69. The quantitative estimate of drug-likeness (QED) is 0.925. The first-order valence-electron chi connectivity index (χ1n) is 7.72. The molecule has 5 heteroatoms. The number of hydrogen-bond acceptors (Lipinski definition) is 4. The Morgan fingerprint density at radius 3 is 2.57 bits per heavy atom. The maximum absolute atomic E-state index is 12.5. The molecule has 0 aliphatic carbocycles. The van der Waals surface area contributed by atoms with Gasteiger partial charge in [-0.2, -0.15) is 0 Å². The molecule has 118 valence electrons. The van der Waals surface area contributed by atoms with Crippen LogP contribution in [0.2, 0.25) is 0 Å². The molecule has 23 heavy (non-hydrogen) atoms. The fourth-order valence-electron chi connectivity index (χ4n) is 2.91. The van der Waals surface area contributed by atoms with Crippen molar-refractivity contribution in [3.8, 4) is 17.2 Å². The lowest BCUT2D eigenvalue weighted by Crippen LogP contribution is -2.45. The number of benzene rings is 2. The summed E-state index contributed by atoms with van der Waals surface area (Å²) in [6.07, 6.45) is 0.104. The normalized spacial score (nSPS) is 21.7. The lowest BCUT2D eigenvalue weighted by molar-refractivity contribution is -0.131. The van der Waals surface area contributed by atoms with E-state index >= 15 is 0 Å². The average Bonchev–Trinajstić information content (AvgIpc) is 2.61. The van der Waals surface area contributed by atoms with E-state index in [0.717, 1.165) is 17.7 Å². The maximum atomic E-state index is 12.5. The topological polar surface area (TPSA) is 56.8 Å². The van der Waals surface area contributed by atoms with Crippen LogP contribution in [0.25, 0.3) is 0 Å². The number of amides is 1. The molecule has 1 amide bonds. The molecule has 0 saturated heterocycles. The molecule has 2 aromatic carbocycles. The van der Waals surface area contributed by atoms with Crippen molar-refractivity contribution in [2.45, 2.75) is 18.6 Å². The fraction of sp³-hybridized carbons (Fsp3) is 0.278. The van der Waals surface area contributed by atoms with Gasteiger partial charge in [0.2, 0.25) is 6.10 Å². The number of hydrogen-bond donors (Lipinski definition) is 1. The van der Waals surface area contributed by atoms with Gasteiger partial charge in [0.15, 0.2) is 11.5 Å². The van der Waals surface area contributed by atoms with Gasteiger partial charge in [0, 0.05) is 12.0 Å². The lowest BCUT2D eigenvalue weighted by atomic mass is 10.0. The van der Waals surface area contributed by atoms with E-state index in [0.29, 0.717) is 18.1 Å². The van der Waals surface area contributed by atoms with Crippen molar-refractivity contribution in [2.24, 2.45) is 0 Å². The van der Waals surface area contributed by atoms with Crippen molar-refractivity contribution in [1.82, 2.24) is 5.32 Å². The average molecular weight is 311 g/mol. The van der Waals surface area contributed by atoms with E-state index in [1.165, 1.54) is 0 Å². The molecule has 1 N–H and O–H groups in total. The number of para-hydroxylation sites is 3. The molecule has 0 fully saturated rings. The highest BCUT2D eigenvalue weighted by Crippen LogP contribution is 2.33. The molecule has 2 aliphatic rings. The molecule has 2 heterocycles. The largest absolute Gasteiger partial charge is 0.493 e. The molecular weight excluding hydrogens is 294 g/mol. The number of fused-ring (bicyclic) bond motifs is 2. The van der Waals surface area contributed by atoms with E-state index in [9.17, 15) is 4.79 Å². The van der Waals surface area contributed by atoms with Gasteiger partial charge in [0.25, 0.3) is 5.91 Å². The molecule has 4 rings (SSSR count). The molecule has 2 aliphatic heterocycles. The standard InChI is InChI=1S/C18H17NO4/c20-18(17-11-22-15-7-3-4-8-16(15)23-17)19-13-9-10-21-14-6-2-1-5-12(13)14/h1-8,13,17H,9-11H2,(H,19,20). The van der Waals surface area contributed by atoms with Gasteiger partial charge in [-0.1, -0.05) is 30.3 Å². The molecular formula is C18H17NO4. The number of ether oxygens (including phenoxy) is 3. The first kappa shape index (κ1) is 13.9. The second-order valence-electron chi connectivity index (χ2n) is 5.60. The van der Waals surface area contributed by atoms with Crippen LogP contribution in [0.15, 0.2) is 48.5 Å². The van der Waals surface area contributed by atoms with Crippen LogP contribution >= 0.6 is 0 Å². The Balaban J connectivity index is 1.47. The summed E-state index contributed by atoms with van der Waals surface area (Å²) in [6.45, 7) is 0.806. The Morgan fingerprint density at radius 2 is 1.70 bits per heavy atom. The van der Waals surface area contributed by atoms with Gasteiger partial charge in [-0.15, -0.1) is 0 Å². The minimum atomic E-state index is -0.639. The van der Waals surface area contributed by atoms with Crippen LogP contribution < -0.4 is 19.5 Å².